The highest BCUT2D eigenvalue weighted by molar-refractivity contribution is 7.13. The summed E-state index contributed by atoms with van der Waals surface area (Å²) in [6.45, 7) is -0.208. The standard InChI is InChI=1S/C15H13N7O4S/c1-20-11-10(13(24)21(2)15(20)25)22(7-16-11)6-9(23)17-14-19-18-12(26-14)8-4-3-5-27-8/h3-5,7H,6H2,1-2H3,(H,17,19,23). The van der Waals surface area contributed by atoms with Gasteiger partial charge >= 0.3 is 11.7 Å². The number of hydrogen-bond acceptors (Lipinski definition) is 8. The number of imidazole rings is 1. The maximum Gasteiger partial charge on any atom is 0.332 e. The molecule has 0 aromatic carbocycles. The van der Waals surface area contributed by atoms with Crippen molar-refractivity contribution < 1.29 is 9.21 Å². The van der Waals surface area contributed by atoms with Crippen LogP contribution in [0.5, 0.6) is 0 Å². The number of fused-ring (bicyclic) bond motifs is 1. The lowest BCUT2D eigenvalue weighted by molar-refractivity contribution is -0.116. The fourth-order valence-corrected chi connectivity index (χ4v) is 3.25. The Morgan fingerprint density at radius 3 is 2.81 bits per heavy atom. The van der Waals surface area contributed by atoms with Gasteiger partial charge in [-0.3, -0.25) is 24.0 Å². The predicted octanol–water partition coefficient (Wildman–Crippen LogP) is 0.184. The maximum absolute atomic E-state index is 12.4. The molecule has 0 saturated carbocycles. The molecule has 0 saturated heterocycles. The lowest BCUT2D eigenvalue weighted by Crippen LogP contribution is -2.37. The molecule has 27 heavy (non-hydrogen) atoms. The third-order valence-corrected chi connectivity index (χ3v) is 4.79. The van der Waals surface area contributed by atoms with Gasteiger partial charge in [0.15, 0.2) is 11.2 Å². The number of nitrogens with zero attached hydrogens (tertiary/aromatic N) is 6. The summed E-state index contributed by atoms with van der Waals surface area (Å²) < 4.78 is 8.98. The minimum Gasteiger partial charge on any atom is -0.402 e. The molecule has 0 aliphatic carbocycles. The van der Waals surface area contributed by atoms with Crippen molar-refractivity contribution in [1.29, 1.82) is 0 Å². The van der Waals surface area contributed by atoms with Crippen LogP contribution in [0.3, 0.4) is 0 Å². The fourth-order valence-electron chi connectivity index (χ4n) is 2.60. The van der Waals surface area contributed by atoms with Gasteiger partial charge in [-0.2, -0.15) is 0 Å². The molecule has 4 rings (SSSR count). The molecule has 11 nitrogen and oxygen atoms in total. The topological polar surface area (TPSA) is 130 Å². The third-order valence-electron chi connectivity index (χ3n) is 3.93. The number of hydrogen-bond donors (Lipinski definition) is 1. The maximum atomic E-state index is 12.4. The monoisotopic (exact) mass is 387 g/mol. The second-order valence-electron chi connectivity index (χ2n) is 5.69. The van der Waals surface area contributed by atoms with Crippen LogP contribution in [-0.4, -0.2) is 34.8 Å². The van der Waals surface area contributed by atoms with Crippen molar-refractivity contribution in [3.8, 4) is 10.8 Å². The molecule has 0 aliphatic rings. The number of rotatable bonds is 4. The van der Waals surface area contributed by atoms with Crippen molar-refractivity contribution in [2.45, 2.75) is 6.54 Å². The van der Waals surface area contributed by atoms with E-state index < -0.39 is 17.2 Å². The highest BCUT2D eigenvalue weighted by Gasteiger charge is 2.17. The van der Waals surface area contributed by atoms with E-state index in [0.29, 0.717) is 5.89 Å². The average Bonchev–Trinajstić information content (AvgIpc) is 3.38. The van der Waals surface area contributed by atoms with Gasteiger partial charge in [-0.25, -0.2) is 9.78 Å². The number of anilines is 1. The van der Waals surface area contributed by atoms with E-state index in [2.05, 4.69) is 20.5 Å². The number of nitrogens with one attached hydrogen (secondary N) is 1. The summed E-state index contributed by atoms with van der Waals surface area (Å²) >= 11 is 1.43. The first-order chi connectivity index (χ1) is 13.0. The SMILES string of the molecule is Cn1c(=O)c2c(ncn2CC(=O)Nc2nnc(-c3cccs3)o2)n(C)c1=O. The average molecular weight is 387 g/mol. The van der Waals surface area contributed by atoms with Crippen LogP contribution < -0.4 is 16.6 Å². The Kier molecular flexibility index (Phi) is 3.96. The highest BCUT2D eigenvalue weighted by Crippen LogP contribution is 2.24. The summed E-state index contributed by atoms with van der Waals surface area (Å²) in [6.07, 6.45) is 1.33. The molecular weight excluding hydrogens is 374 g/mol. The molecular formula is C15H13N7O4S. The molecule has 4 heterocycles. The number of aryl methyl sites for hydroxylation is 1. The van der Waals surface area contributed by atoms with Gasteiger partial charge in [0.2, 0.25) is 5.91 Å². The number of aromatic nitrogens is 6. The van der Waals surface area contributed by atoms with E-state index in [4.69, 9.17) is 4.42 Å². The van der Waals surface area contributed by atoms with Crippen molar-refractivity contribution in [2.24, 2.45) is 14.1 Å². The summed E-state index contributed by atoms with van der Waals surface area (Å²) in [7, 11) is 2.87. The fraction of sp³-hybridized carbons (Fsp3) is 0.200. The summed E-state index contributed by atoms with van der Waals surface area (Å²) in [5, 5.41) is 12.0. The summed E-state index contributed by atoms with van der Waals surface area (Å²) in [6, 6.07) is 3.62. The van der Waals surface area contributed by atoms with Crippen molar-refractivity contribution in [3.63, 3.8) is 0 Å². The Labute approximate surface area is 154 Å². The van der Waals surface area contributed by atoms with E-state index >= 15 is 0 Å². The van der Waals surface area contributed by atoms with Gasteiger partial charge in [-0.1, -0.05) is 11.2 Å². The van der Waals surface area contributed by atoms with Crippen LogP contribution in [-0.2, 0) is 25.4 Å². The van der Waals surface area contributed by atoms with Gasteiger partial charge in [0, 0.05) is 14.1 Å². The molecule has 138 valence electrons. The number of carbonyl (C=O) groups is 1. The lowest BCUT2D eigenvalue weighted by atomic mass is 10.4. The number of carbonyl (C=O) groups excluding carboxylic acids is 1. The van der Waals surface area contributed by atoms with Crippen molar-refractivity contribution >= 4 is 34.4 Å². The molecule has 0 atom stereocenters. The molecule has 0 radical (unpaired) electrons. The van der Waals surface area contributed by atoms with Crippen LogP contribution in [0.25, 0.3) is 21.9 Å². The molecule has 0 fully saturated rings. The summed E-state index contributed by atoms with van der Waals surface area (Å²) in [5.74, 6) is -0.177. The van der Waals surface area contributed by atoms with E-state index in [1.54, 1.807) is 0 Å². The Morgan fingerprint density at radius 2 is 2.07 bits per heavy atom. The van der Waals surface area contributed by atoms with Gasteiger partial charge in [-0.05, 0) is 11.4 Å². The molecule has 0 aliphatic heterocycles. The third kappa shape index (κ3) is 2.85. The Balaban J connectivity index is 1.59. The summed E-state index contributed by atoms with van der Waals surface area (Å²) in [4.78, 5) is 41.5. The van der Waals surface area contributed by atoms with Crippen LogP contribution >= 0.6 is 11.3 Å². The smallest absolute Gasteiger partial charge is 0.332 e. The van der Waals surface area contributed by atoms with E-state index in [9.17, 15) is 14.4 Å². The molecule has 12 heteroatoms. The first-order valence-corrected chi connectivity index (χ1v) is 8.61. The zero-order chi connectivity index (χ0) is 19.1. The largest absolute Gasteiger partial charge is 0.402 e. The molecule has 0 bridgehead atoms. The van der Waals surface area contributed by atoms with Crippen LogP contribution in [0, 0.1) is 0 Å². The zero-order valence-electron chi connectivity index (χ0n) is 14.2. The first kappa shape index (κ1) is 16.9. The van der Waals surface area contributed by atoms with E-state index in [-0.39, 0.29) is 23.7 Å². The molecule has 0 spiro atoms. The zero-order valence-corrected chi connectivity index (χ0v) is 15.1. The molecule has 0 unspecified atom stereocenters. The number of amides is 1. The second kappa shape index (κ2) is 6.32. The van der Waals surface area contributed by atoms with Crippen LogP contribution in [0.4, 0.5) is 6.01 Å². The van der Waals surface area contributed by atoms with Gasteiger partial charge in [0.1, 0.15) is 6.54 Å². The van der Waals surface area contributed by atoms with Crippen LogP contribution in [0.2, 0.25) is 0 Å². The molecule has 1 N–H and O–H groups in total. The van der Waals surface area contributed by atoms with Crippen molar-refractivity contribution in [1.82, 2.24) is 28.9 Å². The lowest BCUT2D eigenvalue weighted by Gasteiger charge is -2.06. The van der Waals surface area contributed by atoms with Crippen LogP contribution in [0.1, 0.15) is 0 Å². The van der Waals surface area contributed by atoms with Gasteiger partial charge in [-0.15, -0.1) is 16.4 Å². The van der Waals surface area contributed by atoms with E-state index in [1.165, 1.54) is 40.9 Å². The number of thiophene rings is 1. The predicted molar refractivity (Wildman–Crippen MR) is 96.5 cm³/mol. The Morgan fingerprint density at radius 1 is 1.26 bits per heavy atom. The molecule has 1 amide bonds. The normalized spacial score (nSPS) is 11.2. The van der Waals surface area contributed by atoms with Gasteiger partial charge in [0.25, 0.3) is 11.4 Å². The highest BCUT2D eigenvalue weighted by atomic mass is 32.1. The Bertz CT molecular complexity index is 1260. The van der Waals surface area contributed by atoms with Crippen molar-refractivity contribution in [2.75, 3.05) is 5.32 Å². The van der Waals surface area contributed by atoms with Gasteiger partial charge in [0.05, 0.1) is 11.2 Å². The second-order valence-corrected chi connectivity index (χ2v) is 6.64. The summed E-state index contributed by atoms with van der Waals surface area (Å²) in [5.41, 5.74) is -0.668. The molecule has 4 aromatic rings. The Hall–Kier alpha value is -3.54. The minimum absolute atomic E-state index is 0.0480. The van der Waals surface area contributed by atoms with E-state index in [0.717, 1.165) is 9.44 Å². The van der Waals surface area contributed by atoms with Crippen LogP contribution in [0.15, 0.2) is 37.8 Å². The van der Waals surface area contributed by atoms with E-state index in [1.807, 2.05) is 17.5 Å². The quantitative estimate of drug-likeness (QED) is 0.529. The van der Waals surface area contributed by atoms with Gasteiger partial charge < -0.3 is 8.98 Å². The van der Waals surface area contributed by atoms with Crippen molar-refractivity contribution in [3.05, 3.63) is 44.7 Å². The minimum atomic E-state index is -0.531. The molecule has 4 aromatic heterocycles. The first-order valence-electron chi connectivity index (χ1n) is 7.74.